The first-order chi connectivity index (χ1) is 12.2. The van der Waals surface area contributed by atoms with E-state index in [0.717, 1.165) is 30.5 Å². The fourth-order valence-corrected chi connectivity index (χ4v) is 2.23. The predicted molar refractivity (Wildman–Crippen MR) is 100 cm³/mol. The van der Waals surface area contributed by atoms with E-state index < -0.39 is 0 Å². The lowest BCUT2D eigenvalue weighted by atomic mass is 10.1. The van der Waals surface area contributed by atoms with Gasteiger partial charge in [0, 0.05) is 6.54 Å². The maximum atomic E-state index is 12.2. The molecule has 0 aliphatic carbocycles. The minimum Gasteiger partial charge on any atom is -0.457 e. The van der Waals surface area contributed by atoms with E-state index in [4.69, 9.17) is 10.5 Å². The van der Waals surface area contributed by atoms with Crippen molar-refractivity contribution in [3.63, 3.8) is 0 Å². The molecule has 0 aromatic heterocycles. The topological polar surface area (TPSA) is 76.7 Å². The summed E-state index contributed by atoms with van der Waals surface area (Å²) in [6.07, 6.45) is 2.16. The third kappa shape index (κ3) is 6.67. The van der Waals surface area contributed by atoms with E-state index in [-0.39, 0.29) is 12.6 Å². The van der Waals surface area contributed by atoms with Gasteiger partial charge < -0.3 is 15.8 Å². The number of hydrogen-bond donors (Lipinski definition) is 2. The van der Waals surface area contributed by atoms with E-state index >= 15 is 0 Å². The Bertz CT molecular complexity index is 699. The van der Waals surface area contributed by atoms with Crippen molar-refractivity contribution in [2.45, 2.75) is 32.9 Å². The van der Waals surface area contributed by atoms with E-state index in [1.54, 1.807) is 12.1 Å². The average molecular weight is 339 g/mol. The number of nitrogens with zero attached hydrogens (tertiary/aromatic N) is 1. The van der Waals surface area contributed by atoms with E-state index in [1.807, 2.05) is 42.5 Å². The van der Waals surface area contributed by atoms with Gasteiger partial charge in [-0.05, 0) is 29.7 Å². The van der Waals surface area contributed by atoms with Gasteiger partial charge in [-0.2, -0.15) is 0 Å². The number of carbonyl (C=O) groups excluding carboxylic acids is 1. The molecule has 0 saturated carbocycles. The highest BCUT2D eigenvalue weighted by Crippen LogP contribution is 2.10. The standard InChI is InChI=1S/C20H25N3O2/c1-2-3-12-22-20(21)23-14-17-10-7-11-18(13-17)19(24)25-15-16-8-5-4-6-9-16/h4-11,13H,2-3,12,14-15H2,1H3,(H3,21,22,23). The second-order valence-electron chi connectivity index (χ2n) is 5.74. The Morgan fingerprint density at radius 1 is 1.12 bits per heavy atom. The molecular formula is C20H25N3O2. The Kier molecular flexibility index (Phi) is 7.50. The Labute approximate surface area is 148 Å². The van der Waals surface area contributed by atoms with Gasteiger partial charge in [0.05, 0.1) is 12.1 Å². The predicted octanol–water partition coefficient (Wildman–Crippen LogP) is 3.25. The van der Waals surface area contributed by atoms with Crippen LogP contribution in [0.25, 0.3) is 0 Å². The van der Waals surface area contributed by atoms with Crippen LogP contribution in [0.3, 0.4) is 0 Å². The number of nitrogens with two attached hydrogens (primary N) is 1. The number of nitrogens with one attached hydrogen (secondary N) is 1. The van der Waals surface area contributed by atoms with Crippen molar-refractivity contribution in [3.05, 3.63) is 71.3 Å². The minimum atomic E-state index is -0.344. The van der Waals surface area contributed by atoms with Crippen molar-refractivity contribution < 1.29 is 9.53 Å². The molecule has 0 unspecified atom stereocenters. The van der Waals surface area contributed by atoms with Crippen molar-refractivity contribution in [2.75, 3.05) is 6.54 Å². The average Bonchev–Trinajstić information content (AvgIpc) is 2.66. The maximum Gasteiger partial charge on any atom is 0.338 e. The molecule has 25 heavy (non-hydrogen) atoms. The summed E-state index contributed by atoms with van der Waals surface area (Å²) in [5.41, 5.74) is 8.21. The Hall–Kier alpha value is -2.82. The monoisotopic (exact) mass is 339 g/mol. The Balaban J connectivity index is 1.89. The maximum absolute atomic E-state index is 12.2. The molecule has 0 atom stereocenters. The quantitative estimate of drug-likeness (QED) is 0.335. The summed E-state index contributed by atoms with van der Waals surface area (Å²) in [6.45, 7) is 3.62. The third-order valence-electron chi connectivity index (χ3n) is 3.64. The zero-order chi connectivity index (χ0) is 17.9. The van der Waals surface area contributed by atoms with Crippen molar-refractivity contribution in [3.8, 4) is 0 Å². The Morgan fingerprint density at radius 3 is 2.64 bits per heavy atom. The van der Waals surface area contributed by atoms with Gasteiger partial charge >= 0.3 is 5.97 Å². The fraction of sp³-hybridized carbons (Fsp3) is 0.300. The van der Waals surface area contributed by atoms with Crippen LogP contribution >= 0.6 is 0 Å². The first-order valence-corrected chi connectivity index (χ1v) is 8.53. The number of rotatable bonds is 8. The number of ether oxygens (including phenoxy) is 1. The van der Waals surface area contributed by atoms with E-state index in [0.29, 0.717) is 18.1 Å². The van der Waals surface area contributed by atoms with Gasteiger partial charge in [0.2, 0.25) is 0 Å². The highest BCUT2D eigenvalue weighted by atomic mass is 16.5. The second-order valence-corrected chi connectivity index (χ2v) is 5.74. The molecule has 0 radical (unpaired) electrons. The highest BCUT2D eigenvalue weighted by molar-refractivity contribution is 5.89. The molecule has 0 aliphatic rings. The van der Waals surface area contributed by atoms with Gasteiger partial charge in [0.15, 0.2) is 5.96 Å². The Morgan fingerprint density at radius 2 is 1.88 bits per heavy atom. The lowest BCUT2D eigenvalue weighted by Crippen LogP contribution is -2.32. The van der Waals surface area contributed by atoms with Crippen molar-refractivity contribution in [2.24, 2.45) is 10.7 Å². The molecule has 5 nitrogen and oxygen atoms in total. The third-order valence-corrected chi connectivity index (χ3v) is 3.64. The summed E-state index contributed by atoms with van der Waals surface area (Å²) in [6, 6.07) is 16.9. The molecule has 2 aromatic rings. The lowest BCUT2D eigenvalue weighted by Gasteiger charge is -2.07. The molecule has 2 aromatic carbocycles. The van der Waals surface area contributed by atoms with E-state index in [9.17, 15) is 4.79 Å². The summed E-state index contributed by atoms with van der Waals surface area (Å²) < 4.78 is 5.35. The normalized spacial score (nSPS) is 11.2. The first kappa shape index (κ1) is 18.5. The molecule has 2 rings (SSSR count). The number of unbranched alkanes of at least 4 members (excludes halogenated alkanes) is 1. The first-order valence-electron chi connectivity index (χ1n) is 8.53. The molecule has 0 heterocycles. The van der Waals surface area contributed by atoms with Crippen LogP contribution in [0.2, 0.25) is 0 Å². The van der Waals surface area contributed by atoms with Gasteiger partial charge in [-0.1, -0.05) is 55.8 Å². The fourth-order valence-electron chi connectivity index (χ4n) is 2.23. The van der Waals surface area contributed by atoms with Crippen molar-refractivity contribution in [1.29, 1.82) is 0 Å². The molecule has 3 N–H and O–H groups in total. The van der Waals surface area contributed by atoms with Crippen LogP contribution in [-0.4, -0.2) is 18.5 Å². The molecular weight excluding hydrogens is 314 g/mol. The summed E-state index contributed by atoms with van der Waals surface area (Å²) in [7, 11) is 0. The van der Waals surface area contributed by atoms with Crippen LogP contribution in [0, 0.1) is 0 Å². The van der Waals surface area contributed by atoms with Gasteiger partial charge in [0.1, 0.15) is 6.61 Å². The summed E-state index contributed by atoms with van der Waals surface area (Å²) in [4.78, 5) is 16.5. The van der Waals surface area contributed by atoms with Crippen LogP contribution in [0.5, 0.6) is 0 Å². The van der Waals surface area contributed by atoms with E-state index in [2.05, 4.69) is 17.2 Å². The molecule has 5 heteroatoms. The number of benzene rings is 2. The van der Waals surface area contributed by atoms with Crippen LogP contribution in [-0.2, 0) is 17.9 Å². The molecule has 0 aliphatic heterocycles. The SMILES string of the molecule is CCCCNC(N)=NCc1cccc(C(=O)OCc2ccccc2)c1. The highest BCUT2D eigenvalue weighted by Gasteiger charge is 2.08. The number of aliphatic imine (C=N–C) groups is 1. The lowest BCUT2D eigenvalue weighted by molar-refractivity contribution is 0.0472. The van der Waals surface area contributed by atoms with Gasteiger partial charge in [0.25, 0.3) is 0 Å². The van der Waals surface area contributed by atoms with Crippen molar-refractivity contribution >= 4 is 11.9 Å². The van der Waals surface area contributed by atoms with Crippen LogP contribution in [0.4, 0.5) is 0 Å². The molecule has 0 saturated heterocycles. The number of hydrogen-bond acceptors (Lipinski definition) is 3. The van der Waals surface area contributed by atoms with Crippen LogP contribution < -0.4 is 11.1 Å². The number of esters is 1. The minimum absolute atomic E-state index is 0.260. The number of carbonyl (C=O) groups is 1. The number of guanidine groups is 1. The molecule has 0 bridgehead atoms. The van der Waals surface area contributed by atoms with Gasteiger partial charge in [-0.15, -0.1) is 0 Å². The summed E-state index contributed by atoms with van der Waals surface area (Å²) in [5, 5.41) is 3.07. The van der Waals surface area contributed by atoms with Gasteiger partial charge in [-0.3, -0.25) is 0 Å². The molecule has 0 fully saturated rings. The largest absolute Gasteiger partial charge is 0.457 e. The smallest absolute Gasteiger partial charge is 0.338 e. The zero-order valence-corrected chi connectivity index (χ0v) is 14.6. The molecule has 0 spiro atoms. The van der Waals surface area contributed by atoms with Crippen molar-refractivity contribution in [1.82, 2.24) is 5.32 Å². The summed E-state index contributed by atoms with van der Waals surface area (Å²) >= 11 is 0. The zero-order valence-electron chi connectivity index (χ0n) is 14.6. The molecule has 0 amide bonds. The van der Waals surface area contributed by atoms with Gasteiger partial charge in [-0.25, -0.2) is 9.79 Å². The summed E-state index contributed by atoms with van der Waals surface area (Å²) in [5.74, 6) is 0.0780. The second kappa shape index (κ2) is 10.1. The van der Waals surface area contributed by atoms with Crippen LogP contribution in [0.15, 0.2) is 59.6 Å². The molecule has 132 valence electrons. The van der Waals surface area contributed by atoms with E-state index in [1.165, 1.54) is 0 Å². The van der Waals surface area contributed by atoms with Crippen LogP contribution in [0.1, 0.15) is 41.3 Å².